The number of hydrogen-bond acceptors (Lipinski definition) is 5. The highest BCUT2D eigenvalue weighted by Gasteiger charge is 2.50. The van der Waals surface area contributed by atoms with Crippen LogP contribution in [0.5, 0.6) is 0 Å². The minimum Gasteiger partial charge on any atom is -0.480 e. The highest BCUT2D eigenvalue weighted by atomic mass is 16.5. The average Bonchev–Trinajstić information content (AvgIpc) is 3.13. The quantitative estimate of drug-likeness (QED) is 0.863. The number of carbonyl (C=O) groups is 1. The van der Waals surface area contributed by atoms with Gasteiger partial charge in [-0.2, -0.15) is 0 Å². The summed E-state index contributed by atoms with van der Waals surface area (Å²) in [6.45, 7) is -0.355. The van der Waals surface area contributed by atoms with Crippen molar-refractivity contribution in [3.05, 3.63) is 47.7 Å². The highest BCUT2D eigenvalue weighted by molar-refractivity contribution is 5.67. The van der Waals surface area contributed by atoms with Crippen LogP contribution in [0, 0.1) is 0 Å². The van der Waals surface area contributed by atoms with E-state index in [1.54, 1.807) is 0 Å². The Morgan fingerprint density at radius 1 is 1.30 bits per heavy atom. The van der Waals surface area contributed by atoms with Gasteiger partial charge >= 0.3 is 5.97 Å². The van der Waals surface area contributed by atoms with Gasteiger partial charge in [-0.3, -0.25) is 0 Å². The van der Waals surface area contributed by atoms with Crippen molar-refractivity contribution >= 4 is 5.97 Å². The zero-order valence-electron chi connectivity index (χ0n) is 10.8. The van der Waals surface area contributed by atoms with Gasteiger partial charge < -0.3 is 14.3 Å². The van der Waals surface area contributed by atoms with Crippen molar-refractivity contribution < 1.29 is 19.1 Å². The molecule has 104 valence electrons. The minimum absolute atomic E-state index is 0.0180. The number of hydrogen-bond donors (Lipinski definition) is 1. The van der Waals surface area contributed by atoms with Crippen LogP contribution in [-0.4, -0.2) is 27.9 Å². The lowest BCUT2D eigenvalue weighted by Crippen LogP contribution is -2.08. The first kappa shape index (κ1) is 12.8. The molecule has 1 heterocycles. The Hall–Kier alpha value is -2.21. The number of rotatable bonds is 6. The van der Waals surface area contributed by atoms with Crippen LogP contribution in [0.4, 0.5) is 0 Å². The molecule has 6 nitrogen and oxygen atoms in total. The molecule has 1 N–H and O–H groups in total. The van der Waals surface area contributed by atoms with Gasteiger partial charge in [0.25, 0.3) is 0 Å². The van der Waals surface area contributed by atoms with E-state index in [0.717, 1.165) is 12.8 Å². The molecule has 0 aliphatic heterocycles. The summed E-state index contributed by atoms with van der Waals surface area (Å²) in [4.78, 5) is 10.4. The van der Waals surface area contributed by atoms with Gasteiger partial charge in [0.1, 0.15) is 13.2 Å². The first-order valence-corrected chi connectivity index (χ1v) is 6.39. The molecule has 0 amide bonds. The van der Waals surface area contributed by atoms with Crippen LogP contribution in [0.15, 0.2) is 34.7 Å². The first-order valence-electron chi connectivity index (χ1n) is 6.39. The number of ether oxygens (including phenoxy) is 1. The van der Waals surface area contributed by atoms with Crippen molar-refractivity contribution in [2.45, 2.75) is 24.9 Å². The average molecular weight is 274 g/mol. The van der Waals surface area contributed by atoms with Crippen LogP contribution < -0.4 is 0 Å². The van der Waals surface area contributed by atoms with E-state index in [0.29, 0.717) is 11.8 Å². The number of aliphatic carboxylic acids is 1. The lowest BCUT2D eigenvalue weighted by Gasteiger charge is -2.10. The van der Waals surface area contributed by atoms with Crippen LogP contribution in [-0.2, 0) is 21.6 Å². The number of carboxylic acids is 1. The second kappa shape index (κ2) is 5.05. The van der Waals surface area contributed by atoms with Gasteiger partial charge in [-0.05, 0) is 18.4 Å². The molecule has 2 aromatic rings. The van der Waals surface area contributed by atoms with E-state index in [1.165, 1.54) is 5.56 Å². The van der Waals surface area contributed by atoms with Gasteiger partial charge in [0.15, 0.2) is 0 Å². The minimum atomic E-state index is -1.02. The fourth-order valence-corrected chi connectivity index (χ4v) is 2.24. The summed E-state index contributed by atoms with van der Waals surface area (Å²) >= 11 is 0. The molecule has 1 aliphatic carbocycles. The van der Waals surface area contributed by atoms with Crippen molar-refractivity contribution in [2.24, 2.45) is 0 Å². The summed E-state index contributed by atoms with van der Waals surface area (Å²) in [5.74, 6) is -0.131. The molecule has 0 radical (unpaired) electrons. The van der Waals surface area contributed by atoms with E-state index in [4.69, 9.17) is 14.3 Å². The predicted octanol–water partition coefficient (Wildman–Crippen LogP) is 1.75. The van der Waals surface area contributed by atoms with Crippen LogP contribution in [0.3, 0.4) is 0 Å². The summed E-state index contributed by atoms with van der Waals surface area (Å²) in [6.07, 6.45) is 1.96. The Kier molecular flexibility index (Phi) is 3.23. The van der Waals surface area contributed by atoms with E-state index < -0.39 is 5.97 Å². The van der Waals surface area contributed by atoms with E-state index in [2.05, 4.69) is 22.3 Å². The predicted molar refractivity (Wildman–Crippen MR) is 68.0 cm³/mol. The lowest BCUT2D eigenvalue weighted by atomic mass is 9.96. The molecule has 3 rings (SSSR count). The Labute approximate surface area is 115 Å². The highest BCUT2D eigenvalue weighted by Crippen LogP contribution is 2.52. The van der Waals surface area contributed by atoms with Gasteiger partial charge in [-0.15, -0.1) is 10.2 Å². The van der Waals surface area contributed by atoms with Crippen molar-refractivity contribution in [2.75, 3.05) is 6.61 Å². The van der Waals surface area contributed by atoms with E-state index >= 15 is 0 Å². The Morgan fingerprint density at radius 3 is 2.70 bits per heavy atom. The maximum atomic E-state index is 10.4. The SMILES string of the molecule is O=C(O)COCc1nnc(C2(c3ccccc3)CC2)o1. The maximum absolute atomic E-state index is 10.4. The second-order valence-electron chi connectivity index (χ2n) is 4.84. The van der Waals surface area contributed by atoms with Gasteiger partial charge in [0.2, 0.25) is 11.8 Å². The molecule has 1 saturated carbocycles. The van der Waals surface area contributed by atoms with Crippen molar-refractivity contribution in [3.63, 3.8) is 0 Å². The third kappa shape index (κ3) is 2.42. The smallest absolute Gasteiger partial charge is 0.329 e. The summed E-state index contributed by atoms with van der Waals surface area (Å²) in [7, 11) is 0. The van der Waals surface area contributed by atoms with Crippen LogP contribution in [0.25, 0.3) is 0 Å². The van der Waals surface area contributed by atoms with Gasteiger partial charge in [0.05, 0.1) is 5.41 Å². The normalized spacial score (nSPS) is 16.0. The monoisotopic (exact) mass is 274 g/mol. The molecule has 0 saturated heterocycles. The molecule has 0 unspecified atom stereocenters. The largest absolute Gasteiger partial charge is 0.480 e. The Bertz CT molecular complexity index is 605. The molecular weight excluding hydrogens is 260 g/mol. The zero-order chi connectivity index (χ0) is 14.0. The standard InChI is InChI=1S/C14H14N2O4/c17-12(18)9-19-8-11-15-16-13(20-11)14(6-7-14)10-4-2-1-3-5-10/h1-5H,6-9H2,(H,17,18). The van der Waals surface area contributed by atoms with Crippen LogP contribution in [0.1, 0.15) is 30.2 Å². The maximum Gasteiger partial charge on any atom is 0.329 e. The van der Waals surface area contributed by atoms with E-state index in [1.807, 2.05) is 18.2 Å². The molecule has 1 aromatic heterocycles. The molecule has 1 fully saturated rings. The molecule has 20 heavy (non-hydrogen) atoms. The van der Waals surface area contributed by atoms with Crippen molar-refractivity contribution in [1.29, 1.82) is 0 Å². The Morgan fingerprint density at radius 2 is 2.05 bits per heavy atom. The zero-order valence-corrected chi connectivity index (χ0v) is 10.8. The summed E-state index contributed by atoms with van der Waals surface area (Å²) < 4.78 is 10.5. The topological polar surface area (TPSA) is 85.5 Å². The molecule has 1 aliphatic rings. The second-order valence-corrected chi connectivity index (χ2v) is 4.84. The first-order chi connectivity index (χ1) is 9.71. The third-order valence-electron chi connectivity index (χ3n) is 3.40. The number of benzene rings is 1. The third-order valence-corrected chi connectivity index (χ3v) is 3.40. The fraction of sp³-hybridized carbons (Fsp3) is 0.357. The Balaban J connectivity index is 1.72. The van der Waals surface area contributed by atoms with Gasteiger partial charge in [-0.1, -0.05) is 30.3 Å². The summed E-state index contributed by atoms with van der Waals surface area (Å²) in [6, 6.07) is 10.1. The number of aromatic nitrogens is 2. The molecule has 1 aromatic carbocycles. The van der Waals surface area contributed by atoms with E-state index in [9.17, 15) is 4.79 Å². The molecule has 0 spiro atoms. The molecule has 0 bridgehead atoms. The van der Waals surface area contributed by atoms with Crippen LogP contribution in [0.2, 0.25) is 0 Å². The van der Waals surface area contributed by atoms with Crippen LogP contribution >= 0.6 is 0 Å². The summed E-state index contributed by atoms with van der Waals surface area (Å²) in [5.41, 5.74) is 1.00. The van der Waals surface area contributed by atoms with E-state index in [-0.39, 0.29) is 18.6 Å². The summed E-state index contributed by atoms with van der Waals surface area (Å²) in [5, 5.41) is 16.5. The van der Waals surface area contributed by atoms with Crippen molar-refractivity contribution in [1.82, 2.24) is 10.2 Å². The molecule has 0 atom stereocenters. The fourth-order valence-electron chi connectivity index (χ4n) is 2.24. The van der Waals surface area contributed by atoms with Gasteiger partial charge in [-0.25, -0.2) is 4.79 Å². The lowest BCUT2D eigenvalue weighted by molar-refractivity contribution is -0.142. The number of carboxylic acid groups (broad SMARTS) is 1. The van der Waals surface area contributed by atoms with Gasteiger partial charge in [0, 0.05) is 0 Å². The molecule has 6 heteroatoms. The molecular formula is C14H14N2O4. The number of nitrogens with zero attached hydrogens (tertiary/aromatic N) is 2. The van der Waals surface area contributed by atoms with Crippen molar-refractivity contribution in [3.8, 4) is 0 Å².